The summed E-state index contributed by atoms with van der Waals surface area (Å²) in [5.74, 6) is 0.793. The molecular formula is C62H64O2SiZr. The molecule has 0 bridgehead atoms. The van der Waals surface area contributed by atoms with Gasteiger partial charge in [0.1, 0.15) is 11.5 Å². The van der Waals surface area contributed by atoms with E-state index in [1.165, 1.54) is 76.5 Å². The molecule has 10 aromatic carbocycles. The van der Waals surface area contributed by atoms with Gasteiger partial charge in [0.2, 0.25) is 0 Å². The van der Waals surface area contributed by atoms with Crippen molar-refractivity contribution in [2.45, 2.75) is 79.3 Å². The van der Waals surface area contributed by atoms with E-state index in [4.69, 9.17) is 0 Å². The van der Waals surface area contributed by atoms with E-state index in [1.54, 1.807) is 35.5 Å². The number of hydrogen-bond donors (Lipinski definition) is 2. The van der Waals surface area contributed by atoms with E-state index in [0.717, 1.165) is 11.1 Å². The third kappa shape index (κ3) is 13.2. The first-order valence-corrected chi connectivity index (χ1v) is 29.0. The van der Waals surface area contributed by atoms with Crippen LogP contribution in [0.15, 0.2) is 194 Å². The van der Waals surface area contributed by atoms with Crippen LogP contribution in [-0.2, 0) is 34.2 Å². The summed E-state index contributed by atoms with van der Waals surface area (Å²) in [7, 11) is 0. The van der Waals surface area contributed by atoms with Crippen LogP contribution < -0.4 is 0 Å². The van der Waals surface area contributed by atoms with Gasteiger partial charge in [-0.2, -0.15) is 0 Å². The summed E-state index contributed by atoms with van der Waals surface area (Å²) in [5.41, 5.74) is 9.83. The molecule has 0 aliphatic carbocycles. The number of benzene rings is 8. The number of phenolic OH excluding ortho intramolecular Hbond substituents is 2. The Kier molecular flexibility index (Phi) is 16.6. The summed E-state index contributed by atoms with van der Waals surface area (Å²) in [5, 5.41) is 29.7. The van der Waals surface area contributed by atoms with Crippen molar-refractivity contribution >= 4 is 48.5 Å². The van der Waals surface area contributed by atoms with Crippen molar-refractivity contribution < 1.29 is 33.5 Å². The fourth-order valence-corrected chi connectivity index (χ4v) is 8.02. The van der Waals surface area contributed by atoms with Crippen molar-refractivity contribution in [2.24, 2.45) is 0 Å². The normalized spacial score (nSPS) is 11.1. The predicted octanol–water partition coefficient (Wildman–Crippen LogP) is 17.5. The van der Waals surface area contributed by atoms with Crippen molar-refractivity contribution in [1.29, 1.82) is 0 Å². The Morgan fingerprint density at radius 3 is 1.06 bits per heavy atom. The number of hydrogen-bond acceptors (Lipinski definition) is 2. The second-order valence-electron chi connectivity index (χ2n) is 19.3. The molecule has 2 nitrogen and oxygen atoms in total. The Hall–Kier alpha value is -5.80. The van der Waals surface area contributed by atoms with Gasteiger partial charge in [-0.25, -0.2) is 0 Å². The molecule has 0 heterocycles. The van der Waals surface area contributed by atoms with Crippen molar-refractivity contribution in [2.75, 3.05) is 0 Å². The van der Waals surface area contributed by atoms with E-state index < -0.39 is 0 Å². The van der Waals surface area contributed by atoms with Gasteiger partial charge in [-0.3, -0.25) is 0 Å². The standard InChI is InChI=1S/2C19H13.2C11H16O.C2H6Si.Zr/c2*1-2-6-14(7-3-1)17-12-16-11-10-15-8-4-5-9-18(15)19(16)13-17;2*1-8-5-6-10(12)9(7-8)11(2,3)4;1-3-2;/h2*1-13H;2*5-7,12H,1-4H3;1-2H3;/q2*-1;;;;+2. The zero-order chi connectivity index (χ0) is 47.6. The third-order valence-electron chi connectivity index (χ3n) is 11.4. The molecule has 66 heavy (non-hydrogen) atoms. The quantitative estimate of drug-likeness (QED) is 0.134. The maximum atomic E-state index is 9.57. The minimum atomic E-state index is 0.0239. The first-order valence-electron chi connectivity index (χ1n) is 22.8. The predicted molar refractivity (Wildman–Crippen MR) is 286 cm³/mol. The van der Waals surface area contributed by atoms with Crippen LogP contribution in [0.3, 0.4) is 0 Å². The summed E-state index contributed by atoms with van der Waals surface area (Å²) in [6.45, 7) is 21.3. The van der Waals surface area contributed by atoms with Crippen LogP contribution in [0.2, 0.25) is 13.1 Å². The molecule has 0 spiro atoms. The molecule has 0 fully saturated rings. The van der Waals surface area contributed by atoms with E-state index in [0.29, 0.717) is 11.5 Å². The fraction of sp³-hybridized carbons (Fsp3) is 0.194. The zero-order valence-electron chi connectivity index (χ0n) is 40.4. The Labute approximate surface area is 408 Å². The SMILES string of the molecule is C[Si](C)=[Zr+2].Cc1ccc(O)c(C(C)(C)C)c1.Cc1ccc(O)c(C(C)(C)C)c1.c1ccc(-c2cc3ccc4ccccc4c3[cH-]2)cc1.c1ccc(-c2cc3ccc4ccccc4c3[cH-]2)cc1. The van der Waals surface area contributed by atoms with Gasteiger partial charge in [0.25, 0.3) is 0 Å². The topological polar surface area (TPSA) is 40.5 Å². The molecule has 0 aliphatic heterocycles. The van der Waals surface area contributed by atoms with Gasteiger partial charge in [0.05, 0.1) is 0 Å². The monoisotopic (exact) mass is 958 g/mol. The molecule has 10 aromatic rings. The number of aryl methyl sites for hydroxylation is 2. The van der Waals surface area contributed by atoms with Gasteiger partial charge < -0.3 is 10.2 Å². The zero-order valence-corrected chi connectivity index (χ0v) is 43.8. The Bertz CT molecular complexity index is 2960. The first kappa shape index (κ1) is 49.6. The smallest absolute Gasteiger partial charge is 0.119 e. The average molecular weight is 961 g/mol. The summed E-state index contributed by atoms with van der Waals surface area (Å²) >= 11 is 1.74. The molecular weight excluding hydrogens is 896 g/mol. The number of fused-ring (bicyclic) bond motifs is 6. The number of phenols is 2. The van der Waals surface area contributed by atoms with Gasteiger partial charge in [0.15, 0.2) is 0 Å². The van der Waals surface area contributed by atoms with Crippen molar-refractivity contribution in [3.8, 4) is 33.8 Å². The molecule has 0 aliphatic rings. The first-order chi connectivity index (χ1) is 31.4. The summed E-state index contributed by atoms with van der Waals surface area (Å²) < 4.78 is 0. The maximum absolute atomic E-state index is 9.57. The summed E-state index contributed by atoms with van der Waals surface area (Å²) in [6, 6.07) is 67.7. The molecule has 0 radical (unpaired) electrons. The molecule has 0 saturated carbocycles. The number of rotatable bonds is 2. The maximum Gasteiger partial charge on any atom is 0.119 e. The Balaban J connectivity index is 0.000000145. The second-order valence-corrected chi connectivity index (χ2v) is 28.7. The van der Waals surface area contributed by atoms with Gasteiger partial charge >= 0.3 is 41.9 Å². The molecule has 0 amide bonds. The Morgan fingerprint density at radius 2 is 0.727 bits per heavy atom. The largest absolute Gasteiger partial charge is 0.508 e. The van der Waals surface area contributed by atoms with Crippen molar-refractivity contribution in [3.05, 3.63) is 216 Å². The molecule has 0 saturated heterocycles. The molecule has 332 valence electrons. The van der Waals surface area contributed by atoms with Crippen LogP contribution in [0, 0.1) is 13.8 Å². The molecule has 10 rings (SSSR count). The van der Waals surface area contributed by atoms with E-state index in [1.807, 2.05) is 38.1 Å². The minimum absolute atomic E-state index is 0.0239. The van der Waals surface area contributed by atoms with E-state index in [9.17, 15) is 10.2 Å². The molecule has 0 aromatic heterocycles. The van der Waals surface area contributed by atoms with Gasteiger partial charge in [-0.05, 0) is 47.9 Å². The molecule has 0 unspecified atom stereocenters. The second kappa shape index (κ2) is 22.1. The Morgan fingerprint density at radius 1 is 0.409 bits per heavy atom. The van der Waals surface area contributed by atoms with Crippen LogP contribution in [0.5, 0.6) is 11.5 Å². The number of aromatic hydroxyl groups is 2. The van der Waals surface area contributed by atoms with Crippen LogP contribution >= 0.6 is 0 Å². The van der Waals surface area contributed by atoms with Crippen LogP contribution in [-0.4, -0.2) is 15.6 Å². The van der Waals surface area contributed by atoms with Crippen LogP contribution in [0.1, 0.15) is 63.8 Å². The van der Waals surface area contributed by atoms with Crippen molar-refractivity contribution in [1.82, 2.24) is 0 Å². The van der Waals surface area contributed by atoms with E-state index >= 15 is 0 Å². The molecule has 0 atom stereocenters. The van der Waals surface area contributed by atoms with Crippen LogP contribution in [0.25, 0.3) is 65.3 Å². The van der Waals surface area contributed by atoms with Crippen molar-refractivity contribution in [3.63, 3.8) is 0 Å². The molecule has 4 heteroatoms. The van der Waals surface area contributed by atoms with Gasteiger partial charge in [-0.1, -0.05) is 243 Å². The summed E-state index contributed by atoms with van der Waals surface area (Å²) in [6.07, 6.45) is 0. The average Bonchev–Trinajstić information content (AvgIpc) is 3.95. The minimum Gasteiger partial charge on any atom is -0.508 e. The van der Waals surface area contributed by atoms with Gasteiger partial charge in [0, 0.05) is 0 Å². The van der Waals surface area contributed by atoms with E-state index in [2.05, 4.69) is 212 Å². The van der Waals surface area contributed by atoms with E-state index in [-0.39, 0.29) is 16.3 Å². The third-order valence-corrected chi connectivity index (χ3v) is 11.4. The van der Waals surface area contributed by atoms with Gasteiger partial charge in [-0.15, -0.1) is 56.9 Å². The van der Waals surface area contributed by atoms with Crippen LogP contribution in [0.4, 0.5) is 0 Å². The summed E-state index contributed by atoms with van der Waals surface area (Å²) in [4.78, 5) is 0. The fourth-order valence-electron chi connectivity index (χ4n) is 8.02. The molecule has 2 N–H and O–H groups in total.